The average Bonchev–Trinajstić information content (AvgIpc) is 3.31. The average molecular weight is 418 g/mol. The number of carbonyl (C=O) groups is 1. The zero-order valence-electron chi connectivity index (χ0n) is 19.5. The summed E-state index contributed by atoms with van der Waals surface area (Å²) in [6.45, 7) is 14.4. The lowest BCUT2D eigenvalue weighted by Crippen LogP contribution is -2.54. The fourth-order valence-corrected chi connectivity index (χ4v) is 7.72. The number of hydrogen-bond acceptors (Lipinski definition) is 4. The number of hydrogen-bond donors (Lipinski definition) is 1. The van der Waals surface area contributed by atoms with Crippen LogP contribution in [0.1, 0.15) is 85.0 Å². The van der Waals surface area contributed by atoms with Gasteiger partial charge in [0.05, 0.1) is 6.10 Å². The minimum atomic E-state index is -0.172. The first-order valence-corrected chi connectivity index (χ1v) is 12.5. The van der Waals surface area contributed by atoms with Crippen LogP contribution in [0.5, 0.6) is 0 Å². The third-order valence-electron chi connectivity index (χ3n) is 9.80. The molecule has 0 aromatic carbocycles. The number of likely N-dealkylation sites (tertiary alicyclic amines) is 1. The molecular formula is C26H43NO3. The first kappa shape index (κ1) is 22.3. The van der Waals surface area contributed by atoms with E-state index >= 15 is 0 Å². The number of nitrogens with zero attached hydrogens (tertiary/aromatic N) is 1. The Morgan fingerprint density at radius 1 is 1.17 bits per heavy atom. The molecule has 4 unspecified atom stereocenters. The third kappa shape index (κ3) is 3.99. The van der Waals surface area contributed by atoms with Crippen molar-refractivity contribution >= 4 is 5.97 Å². The van der Waals surface area contributed by atoms with Gasteiger partial charge in [-0.15, -0.1) is 0 Å². The van der Waals surface area contributed by atoms with Crippen LogP contribution in [0.4, 0.5) is 0 Å². The number of ether oxygens (including phenoxy) is 1. The SMILES string of the molecule is C=C1CCC2C(OC(C)=O)C([C@@]3(C)CC[C@H](O)C[C@@H]3CCN3CCCC3)CCC12C. The highest BCUT2D eigenvalue weighted by Crippen LogP contribution is 2.62. The van der Waals surface area contributed by atoms with E-state index in [4.69, 9.17) is 4.74 Å². The van der Waals surface area contributed by atoms with E-state index in [0.29, 0.717) is 17.8 Å². The summed E-state index contributed by atoms with van der Waals surface area (Å²) in [5.74, 6) is 1.15. The number of aliphatic hydroxyl groups is 1. The Kier molecular flexibility index (Phi) is 6.38. The number of aliphatic hydroxyl groups excluding tert-OH is 1. The van der Waals surface area contributed by atoms with Gasteiger partial charge >= 0.3 is 5.97 Å². The van der Waals surface area contributed by atoms with Crippen LogP contribution in [-0.4, -0.2) is 47.8 Å². The Balaban J connectivity index is 1.58. The number of rotatable bonds is 5. The molecule has 3 aliphatic carbocycles. The van der Waals surface area contributed by atoms with Crippen molar-refractivity contribution in [2.75, 3.05) is 19.6 Å². The molecule has 7 atom stereocenters. The predicted octanol–water partition coefficient (Wildman–Crippen LogP) is 4.95. The van der Waals surface area contributed by atoms with Crippen LogP contribution in [0.15, 0.2) is 12.2 Å². The Hall–Kier alpha value is -0.870. The minimum Gasteiger partial charge on any atom is -0.462 e. The van der Waals surface area contributed by atoms with E-state index in [1.54, 1.807) is 6.92 Å². The van der Waals surface area contributed by atoms with Crippen LogP contribution >= 0.6 is 0 Å². The van der Waals surface area contributed by atoms with Crippen molar-refractivity contribution in [3.8, 4) is 0 Å². The maximum atomic E-state index is 12.2. The van der Waals surface area contributed by atoms with Gasteiger partial charge in [-0.1, -0.05) is 26.0 Å². The molecule has 1 aliphatic heterocycles. The molecule has 4 rings (SSSR count). The van der Waals surface area contributed by atoms with Gasteiger partial charge in [0.25, 0.3) is 0 Å². The van der Waals surface area contributed by atoms with Crippen molar-refractivity contribution in [3.05, 3.63) is 12.2 Å². The molecule has 4 fully saturated rings. The molecular weight excluding hydrogens is 374 g/mol. The Morgan fingerprint density at radius 2 is 1.90 bits per heavy atom. The number of carbonyl (C=O) groups excluding carboxylic acids is 1. The quantitative estimate of drug-likeness (QED) is 0.508. The Morgan fingerprint density at radius 3 is 2.60 bits per heavy atom. The van der Waals surface area contributed by atoms with Gasteiger partial charge in [0, 0.05) is 18.8 Å². The molecule has 0 aromatic rings. The Bertz CT molecular complexity index is 657. The molecule has 170 valence electrons. The van der Waals surface area contributed by atoms with Gasteiger partial charge < -0.3 is 14.7 Å². The summed E-state index contributed by atoms with van der Waals surface area (Å²) in [6.07, 6.45) is 10.9. The maximum absolute atomic E-state index is 12.2. The second-order valence-electron chi connectivity index (χ2n) is 11.4. The lowest BCUT2D eigenvalue weighted by atomic mass is 9.51. The molecule has 4 aliphatic rings. The van der Waals surface area contributed by atoms with Gasteiger partial charge in [0.1, 0.15) is 6.10 Å². The van der Waals surface area contributed by atoms with Gasteiger partial charge in [-0.3, -0.25) is 4.79 Å². The lowest BCUT2D eigenvalue weighted by molar-refractivity contribution is -0.173. The smallest absolute Gasteiger partial charge is 0.302 e. The van der Waals surface area contributed by atoms with Crippen LogP contribution in [0.2, 0.25) is 0 Å². The van der Waals surface area contributed by atoms with Gasteiger partial charge in [-0.2, -0.15) is 0 Å². The van der Waals surface area contributed by atoms with Gasteiger partial charge in [-0.25, -0.2) is 0 Å². The van der Waals surface area contributed by atoms with E-state index in [0.717, 1.165) is 57.9 Å². The molecule has 0 spiro atoms. The molecule has 1 saturated heterocycles. The third-order valence-corrected chi connectivity index (χ3v) is 9.80. The van der Waals surface area contributed by atoms with E-state index in [-0.39, 0.29) is 29.0 Å². The monoisotopic (exact) mass is 417 g/mol. The molecule has 3 saturated carbocycles. The van der Waals surface area contributed by atoms with Crippen molar-refractivity contribution in [1.82, 2.24) is 4.90 Å². The second kappa shape index (κ2) is 8.58. The summed E-state index contributed by atoms with van der Waals surface area (Å²) in [5, 5.41) is 10.5. The van der Waals surface area contributed by atoms with Crippen molar-refractivity contribution in [3.63, 3.8) is 0 Å². The predicted molar refractivity (Wildman–Crippen MR) is 120 cm³/mol. The summed E-state index contributed by atoms with van der Waals surface area (Å²) in [7, 11) is 0. The van der Waals surface area contributed by atoms with E-state index in [9.17, 15) is 9.90 Å². The van der Waals surface area contributed by atoms with Crippen molar-refractivity contribution in [2.45, 2.75) is 97.2 Å². The fourth-order valence-electron chi connectivity index (χ4n) is 7.72. The van der Waals surface area contributed by atoms with E-state index in [1.807, 2.05) is 0 Å². The topological polar surface area (TPSA) is 49.8 Å². The summed E-state index contributed by atoms with van der Waals surface area (Å²) >= 11 is 0. The van der Waals surface area contributed by atoms with Crippen molar-refractivity contribution in [2.24, 2.45) is 28.6 Å². The maximum Gasteiger partial charge on any atom is 0.302 e. The zero-order valence-corrected chi connectivity index (χ0v) is 19.5. The Labute approximate surface area is 183 Å². The van der Waals surface area contributed by atoms with Crippen LogP contribution in [0.3, 0.4) is 0 Å². The molecule has 0 bridgehead atoms. The largest absolute Gasteiger partial charge is 0.462 e. The van der Waals surface area contributed by atoms with Crippen LogP contribution in [-0.2, 0) is 9.53 Å². The van der Waals surface area contributed by atoms with Crippen molar-refractivity contribution < 1.29 is 14.6 Å². The number of fused-ring (bicyclic) bond motifs is 1. The van der Waals surface area contributed by atoms with Gasteiger partial charge in [0.15, 0.2) is 0 Å². The summed E-state index contributed by atoms with van der Waals surface area (Å²) in [6, 6.07) is 0. The molecule has 4 nitrogen and oxygen atoms in total. The van der Waals surface area contributed by atoms with Gasteiger partial charge in [0.2, 0.25) is 0 Å². The molecule has 1 N–H and O–H groups in total. The van der Waals surface area contributed by atoms with Crippen LogP contribution < -0.4 is 0 Å². The van der Waals surface area contributed by atoms with E-state index in [2.05, 4.69) is 25.3 Å². The zero-order chi connectivity index (χ0) is 21.5. The minimum absolute atomic E-state index is 0.00460. The summed E-state index contributed by atoms with van der Waals surface area (Å²) in [4.78, 5) is 14.8. The highest BCUT2D eigenvalue weighted by molar-refractivity contribution is 5.66. The molecule has 0 radical (unpaired) electrons. The van der Waals surface area contributed by atoms with E-state index in [1.165, 1.54) is 31.5 Å². The molecule has 1 heterocycles. The highest BCUT2D eigenvalue weighted by Gasteiger charge is 2.58. The summed E-state index contributed by atoms with van der Waals surface area (Å²) in [5.41, 5.74) is 1.61. The van der Waals surface area contributed by atoms with Crippen LogP contribution in [0.25, 0.3) is 0 Å². The summed E-state index contributed by atoms with van der Waals surface area (Å²) < 4.78 is 6.15. The molecule has 30 heavy (non-hydrogen) atoms. The van der Waals surface area contributed by atoms with E-state index < -0.39 is 0 Å². The second-order valence-corrected chi connectivity index (χ2v) is 11.4. The van der Waals surface area contributed by atoms with Gasteiger partial charge in [-0.05, 0) is 101 Å². The normalized spacial score (nSPS) is 44.8. The first-order chi connectivity index (χ1) is 14.2. The van der Waals surface area contributed by atoms with Crippen molar-refractivity contribution in [1.29, 1.82) is 0 Å². The highest BCUT2D eigenvalue weighted by atomic mass is 16.5. The molecule has 0 amide bonds. The number of allylic oxidation sites excluding steroid dienone is 1. The first-order valence-electron chi connectivity index (χ1n) is 12.5. The standard InChI is InChI=1S/C26H43NO3/c1-18-7-8-22-24(30-19(2)28)23(10-13-25(18,22)3)26(4)12-9-21(29)17-20(26)11-16-27-14-5-6-15-27/h20-24,29H,1,5-17H2,2-4H3/t20-,21-,22?,23?,24?,25?,26-/m0/s1. The molecule has 4 heteroatoms. The molecule has 0 aromatic heterocycles. The fraction of sp³-hybridized carbons (Fsp3) is 0.885. The van der Waals surface area contributed by atoms with Crippen LogP contribution in [0, 0.1) is 28.6 Å². The number of esters is 1. The lowest BCUT2D eigenvalue weighted by Gasteiger charge is -2.56.